The number of carbonyl (C=O) groups is 1. The predicted octanol–water partition coefficient (Wildman–Crippen LogP) is 5.63. The first-order chi connectivity index (χ1) is 15.1. The lowest BCUT2D eigenvalue weighted by Crippen LogP contribution is -2.08. The van der Waals surface area contributed by atoms with E-state index in [4.69, 9.17) is 25.6 Å². The van der Waals surface area contributed by atoms with Crippen LogP contribution in [0.4, 0.5) is 0 Å². The molecule has 0 aliphatic rings. The number of nitrogens with zero attached hydrogens (tertiary/aromatic N) is 2. The number of esters is 1. The third-order valence-corrected chi connectivity index (χ3v) is 4.92. The molecule has 0 spiro atoms. The van der Waals surface area contributed by atoms with Crippen molar-refractivity contribution in [3.63, 3.8) is 0 Å². The van der Waals surface area contributed by atoms with E-state index in [1.54, 1.807) is 30.3 Å². The summed E-state index contributed by atoms with van der Waals surface area (Å²) >= 11 is 6.17. The zero-order valence-electron chi connectivity index (χ0n) is 16.7. The lowest BCUT2D eigenvalue weighted by Gasteiger charge is -2.11. The second-order valence-electron chi connectivity index (χ2n) is 6.83. The Morgan fingerprint density at radius 1 is 0.968 bits per heavy atom. The van der Waals surface area contributed by atoms with Gasteiger partial charge in [-0.3, -0.25) is 0 Å². The summed E-state index contributed by atoms with van der Waals surface area (Å²) in [6.45, 7) is 2.09. The average Bonchev–Trinajstić information content (AvgIpc) is 3.27. The minimum atomic E-state index is -0.551. The number of hydrogen-bond donors (Lipinski definition) is 0. The normalized spacial score (nSPS) is 10.6. The van der Waals surface area contributed by atoms with Gasteiger partial charge in [0.1, 0.15) is 17.9 Å². The SMILES string of the molecule is Cc1ccc(-c2noc(COC(=O)c3ccccc3OCc3ccccc3Cl)n2)cc1. The van der Waals surface area contributed by atoms with Crippen molar-refractivity contribution >= 4 is 17.6 Å². The molecule has 0 unspecified atom stereocenters. The van der Waals surface area contributed by atoms with E-state index in [1.807, 2.05) is 49.4 Å². The van der Waals surface area contributed by atoms with Crippen molar-refractivity contribution < 1.29 is 18.8 Å². The Hall–Kier alpha value is -3.64. The summed E-state index contributed by atoms with van der Waals surface area (Å²) in [5.41, 5.74) is 3.08. The van der Waals surface area contributed by atoms with Gasteiger partial charge in [0, 0.05) is 16.1 Å². The minimum Gasteiger partial charge on any atom is -0.488 e. The molecule has 7 heteroatoms. The van der Waals surface area contributed by atoms with Crippen LogP contribution >= 0.6 is 11.6 Å². The van der Waals surface area contributed by atoms with Gasteiger partial charge in [-0.2, -0.15) is 4.98 Å². The molecule has 0 saturated carbocycles. The van der Waals surface area contributed by atoms with E-state index in [1.165, 1.54) is 0 Å². The monoisotopic (exact) mass is 434 g/mol. The van der Waals surface area contributed by atoms with Crippen molar-refractivity contribution in [2.75, 3.05) is 0 Å². The van der Waals surface area contributed by atoms with Crippen LogP contribution in [0.15, 0.2) is 77.3 Å². The first-order valence-electron chi connectivity index (χ1n) is 9.62. The molecular weight excluding hydrogens is 416 g/mol. The van der Waals surface area contributed by atoms with Gasteiger partial charge in [-0.25, -0.2) is 4.79 Å². The summed E-state index contributed by atoms with van der Waals surface area (Å²) in [6.07, 6.45) is 0. The summed E-state index contributed by atoms with van der Waals surface area (Å²) in [5, 5.41) is 4.54. The van der Waals surface area contributed by atoms with E-state index in [9.17, 15) is 4.79 Å². The molecule has 1 heterocycles. The highest BCUT2D eigenvalue weighted by Gasteiger charge is 2.16. The van der Waals surface area contributed by atoms with Gasteiger partial charge >= 0.3 is 5.97 Å². The molecule has 1 aromatic heterocycles. The maximum absolute atomic E-state index is 12.6. The number of carbonyl (C=O) groups excluding carboxylic acids is 1. The molecule has 0 radical (unpaired) electrons. The molecule has 0 saturated heterocycles. The molecule has 0 amide bonds. The Bertz CT molecular complexity index is 1190. The highest BCUT2D eigenvalue weighted by Crippen LogP contribution is 2.23. The topological polar surface area (TPSA) is 74.5 Å². The molecule has 0 fully saturated rings. The molecule has 3 aromatic carbocycles. The zero-order valence-corrected chi connectivity index (χ0v) is 17.5. The molecule has 31 heavy (non-hydrogen) atoms. The van der Waals surface area contributed by atoms with E-state index >= 15 is 0 Å². The number of aryl methyl sites for hydroxylation is 1. The van der Waals surface area contributed by atoms with Crippen LogP contribution in [0.5, 0.6) is 5.75 Å². The number of rotatable bonds is 7. The highest BCUT2D eigenvalue weighted by molar-refractivity contribution is 6.31. The average molecular weight is 435 g/mol. The molecule has 4 aromatic rings. The molecule has 0 bridgehead atoms. The zero-order chi connectivity index (χ0) is 21.6. The summed E-state index contributed by atoms with van der Waals surface area (Å²) in [4.78, 5) is 16.9. The van der Waals surface area contributed by atoms with Gasteiger partial charge in [0.2, 0.25) is 5.82 Å². The van der Waals surface area contributed by atoms with Gasteiger partial charge in [-0.05, 0) is 25.1 Å². The highest BCUT2D eigenvalue weighted by atomic mass is 35.5. The van der Waals surface area contributed by atoms with E-state index in [0.717, 1.165) is 16.7 Å². The van der Waals surface area contributed by atoms with Crippen molar-refractivity contribution in [3.8, 4) is 17.1 Å². The van der Waals surface area contributed by atoms with E-state index in [-0.39, 0.29) is 19.1 Å². The summed E-state index contributed by atoms with van der Waals surface area (Å²) in [6, 6.07) is 22.0. The fourth-order valence-electron chi connectivity index (χ4n) is 2.87. The van der Waals surface area contributed by atoms with E-state index in [0.29, 0.717) is 22.2 Å². The van der Waals surface area contributed by atoms with Crippen molar-refractivity contribution in [2.45, 2.75) is 20.1 Å². The number of aromatic nitrogens is 2. The first-order valence-corrected chi connectivity index (χ1v) is 10.00. The first kappa shape index (κ1) is 20.6. The van der Waals surface area contributed by atoms with Crippen LogP contribution in [0.2, 0.25) is 5.02 Å². The molecule has 0 aliphatic heterocycles. The van der Waals surface area contributed by atoms with Crippen LogP contribution in [0, 0.1) is 6.92 Å². The molecule has 6 nitrogen and oxygen atoms in total. The maximum Gasteiger partial charge on any atom is 0.342 e. The van der Waals surface area contributed by atoms with Crippen molar-refractivity contribution in [3.05, 3.63) is 100 Å². The summed E-state index contributed by atoms with van der Waals surface area (Å²) < 4.78 is 16.4. The van der Waals surface area contributed by atoms with E-state index < -0.39 is 5.97 Å². The number of benzene rings is 3. The fraction of sp³-hybridized carbons (Fsp3) is 0.125. The van der Waals surface area contributed by atoms with Crippen molar-refractivity contribution in [1.29, 1.82) is 0 Å². The van der Waals surface area contributed by atoms with Crippen molar-refractivity contribution in [2.24, 2.45) is 0 Å². The van der Waals surface area contributed by atoms with Gasteiger partial charge in [0.25, 0.3) is 5.89 Å². The maximum atomic E-state index is 12.6. The van der Waals surface area contributed by atoms with Gasteiger partial charge in [0.15, 0.2) is 6.61 Å². The lowest BCUT2D eigenvalue weighted by atomic mass is 10.1. The fourth-order valence-corrected chi connectivity index (χ4v) is 3.06. The predicted molar refractivity (Wildman–Crippen MR) is 116 cm³/mol. The van der Waals surface area contributed by atoms with Gasteiger partial charge in [-0.15, -0.1) is 0 Å². The second-order valence-corrected chi connectivity index (χ2v) is 7.24. The Labute approximate surface area is 184 Å². The number of para-hydroxylation sites is 1. The Morgan fingerprint density at radius 2 is 1.71 bits per heavy atom. The lowest BCUT2D eigenvalue weighted by molar-refractivity contribution is 0.0425. The van der Waals surface area contributed by atoms with Gasteiger partial charge in [-0.1, -0.05) is 76.9 Å². The standard InChI is InChI=1S/C24H19ClN2O4/c1-16-10-12-17(13-11-16)23-26-22(31-27-23)15-30-24(28)19-7-3-5-9-21(19)29-14-18-6-2-4-8-20(18)25/h2-13H,14-15H2,1H3. The Balaban J connectivity index is 1.40. The van der Waals surface area contributed by atoms with Gasteiger partial charge < -0.3 is 14.0 Å². The Morgan fingerprint density at radius 3 is 2.52 bits per heavy atom. The van der Waals surface area contributed by atoms with Crippen LogP contribution in [0.1, 0.15) is 27.4 Å². The van der Waals surface area contributed by atoms with Crippen LogP contribution in [0.3, 0.4) is 0 Å². The van der Waals surface area contributed by atoms with Crippen LogP contribution < -0.4 is 4.74 Å². The minimum absolute atomic E-state index is 0.142. The third kappa shape index (κ3) is 5.10. The molecule has 0 N–H and O–H groups in total. The molecule has 4 rings (SSSR count). The van der Waals surface area contributed by atoms with E-state index in [2.05, 4.69) is 10.1 Å². The van der Waals surface area contributed by atoms with Crippen LogP contribution in [-0.4, -0.2) is 16.1 Å². The van der Waals surface area contributed by atoms with Crippen LogP contribution in [0.25, 0.3) is 11.4 Å². The third-order valence-electron chi connectivity index (χ3n) is 4.55. The second kappa shape index (κ2) is 9.45. The smallest absolute Gasteiger partial charge is 0.342 e. The molecule has 0 atom stereocenters. The van der Waals surface area contributed by atoms with Crippen LogP contribution in [-0.2, 0) is 18.0 Å². The quantitative estimate of drug-likeness (QED) is 0.351. The Kier molecular flexibility index (Phi) is 6.29. The largest absolute Gasteiger partial charge is 0.488 e. The number of halogens is 1. The molecular formula is C24H19ClN2O4. The van der Waals surface area contributed by atoms with Crippen molar-refractivity contribution in [1.82, 2.24) is 10.1 Å². The number of ether oxygens (including phenoxy) is 2. The van der Waals surface area contributed by atoms with Gasteiger partial charge in [0.05, 0.1) is 0 Å². The number of hydrogen-bond acceptors (Lipinski definition) is 6. The summed E-state index contributed by atoms with van der Waals surface area (Å²) in [7, 11) is 0. The molecule has 0 aliphatic carbocycles. The molecule has 156 valence electrons. The summed E-state index contributed by atoms with van der Waals surface area (Å²) in [5.74, 6) is 0.496.